The Morgan fingerprint density at radius 3 is 1.33 bits per heavy atom. The summed E-state index contributed by atoms with van der Waals surface area (Å²) in [6.07, 6.45) is 5.93. The van der Waals surface area contributed by atoms with Gasteiger partial charge in [0.2, 0.25) is 0 Å². The number of phenols is 2. The van der Waals surface area contributed by atoms with Gasteiger partial charge in [-0.25, -0.2) is 0 Å². The molecule has 0 saturated heterocycles. The summed E-state index contributed by atoms with van der Waals surface area (Å²) in [6, 6.07) is 4.36. The molecular weight excluding hydrogens is 404 g/mol. The second-order valence-electron chi connectivity index (χ2n) is 11.4. The monoisotopic (exact) mass is 448 g/mol. The van der Waals surface area contributed by atoms with Gasteiger partial charge in [-0.15, -0.1) is 13.2 Å². The lowest BCUT2D eigenvalue weighted by Crippen LogP contribution is -2.23. The van der Waals surface area contributed by atoms with Crippen LogP contribution in [0.15, 0.2) is 37.4 Å². The summed E-state index contributed by atoms with van der Waals surface area (Å²) < 4.78 is 0. The smallest absolute Gasteiger partial charge is 0.122 e. The highest BCUT2D eigenvalue weighted by Crippen LogP contribution is 2.47. The molecule has 0 aliphatic rings. The molecule has 0 heterocycles. The maximum atomic E-state index is 11.0. The minimum absolute atomic E-state index is 0.138. The molecule has 0 fully saturated rings. The van der Waals surface area contributed by atoms with Gasteiger partial charge in [0.05, 0.1) is 0 Å². The number of phenolic OH excluding ortho intramolecular Hbond substituents is 2. The Kier molecular flexibility index (Phi) is 7.94. The van der Waals surface area contributed by atoms with E-state index in [-0.39, 0.29) is 16.7 Å². The van der Waals surface area contributed by atoms with E-state index in [2.05, 4.69) is 73.8 Å². The van der Waals surface area contributed by atoms with E-state index in [1.165, 1.54) is 22.3 Å². The Labute approximate surface area is 202 Å². The molecule has 0 aliphatic carbocycles. The fraction of sp³-hybridized carbons (Fsp3) is 0.484. The third-order valence-corrected chi connectivity index (χ3v) is 6.60. The second kappa shape index (κ2) is 9.79. The van der Waals surface area contributed by atoms with Crippen LogP contribution in [0.3, 0.4) is 0 Å². The van der Waals surface area contributed by atoms with Crippen LogP contribution < -0.4 is 0 Å². The van der Waals surface area contributed by atoms with E-state index in [0.717, 1.165) is 28.7 Å². The van der Waals surface area contributed by atoms with Crippen LogP contribution in [0.5, 0.6) is 11.5 Å². The molecule has 2 rings (SSSR count). The molecule has 0 unspecified atom stereocenters. The highest BCUT2D eigenvalue weighted by molar-refractivity contribution is 5.60. The number of hydrogen-bond acceptors (Lipinski definition) is 2. The van der Waals surface area contributed by atoms with Crippen molar-refractivity contribution in [2.24, 2.45) is 0 Å². The Morgan fingerprint density at radius 1 is 0.758 bits per heavy atom. The summed E-state index contributed by atoms with van der Waals surface area (Å²) in [6.45, 7) is 27.4. The van der Waals surface area contributed by atoms with Crippen molar-refractivity contribution in [3.05, 3.63) is 82.0 Å². The van der Waals surface area contributed by atoms with Crippen molar-refractivity contribution in [1.82, 2.24) is 0 Å². The summed E-state index contributed by atoms with van der Waals surface area (Å²) in [5.41, 5.74) is 8.37. The van der Waals surface area contributed by atoms with Gasteiger partial charge in [-0.2, -0.15) is 0 Å². The van der Waals surface area contributed by atoms with E-state index in [1.807, 2.05) is 26.0 Å². The number of aromatic hydroxyl groups is 2. The topological polar surface area (TPSA) is 40.5 Å². The Morgan fingerprint density at radius 2 is 1.09 bits per heavy atom. The molecule has 2 nitrogen and oxygen atoms in total. The average molecular weight is 449 g/mol. The highest BCUT2D eigenvalue weighted by Gasteiger charge is 2.33. The molecule has 0 saturated carbocycles. The van der Waals surface area contributed by atoms with Crippen LogP contribution in [0.1, 0.15) is 105 Å². The fourth-order valence-corrected chi connectivity index (χ4v) is 5.42. The number of rotatable bonds is 7. The van der Waals surface area contributed by atoms with Gasteiger partial charge >= 0.3 is 0 Å². The minimum Gasteiger partial charge on any atom is -0.507 e. The molecule has 2 aromatic rings. The minimum atomic E-state index is -0.149. The predicted molar refractivity (Wildman–Crippen MR) is 143 cm³/mol. The maximum Gasteiger partial charge on any atom is 0.122 e. The zero-order valence-corrected chi connectivity index (χ0v) is 22.3. The normalized spacial score (nSPS) is 12.3. The molecule has 0 amide bonds. The Hall–Kier alpha value is -2.48. The third-order valence-electron chi connectivity index (χ3n) is 6.60. The molecule has 0 spiro atoms. The molecule has 2 heteroatoms. The number of allylic oxidation sites excluding steroid dienone is 2. The molecule has 0 atom stereocenters. The summed E-state index contributed by atoms with van der Waals surface area (Å²) in [7, 11) is 0. The third kappa shape index (κ3) is 5.21. The van der Waals surface area contributed by atoms with E-state index in [9.17, 15) is 10.2 Å². The van der Waals surface area contributed by atoms with Crippen LogP contribution in [-0.2, 0) is 23.7 Å². The Balaban J connectivity index is 3.06. The van der Waals surface area contributed by atoms with E-state index in [0.29, 0.717) is 24.3 Å². The highest BCUT2D eigenvalue weighted by atomic mass is 16.3. The van der Waals surface area contributed by atoms with Gasteiger partial charge in [0, 0.05) is 17.0 Å². The number of hydrogen-bond donors (Lipinski definition) is 2. The van der Waals surface area contributed by atoms with Crippen molar-refractivity contribution in [3.63, 3.8) is 0 Å². The number of aryl methyl sites for hydroxylation is 2. The van der Waals surface area contributed by atoms with E-state index in [4.69, 9.17) is 0 Å². The van der Waals surface area contributed by atoms with Crippen LogP contribution in [0.4, 0.5) is 0 Å². The lowest BCUT2D eigenvalue weighted by Gasteiger charge is -2.35. The SMILES string of the molecule is C=CCc1c(O)c(C)cc(C(CC)c2cc(C)c(O)c(CC=C)c2C(C)(C)C)c1C(C)(C)C. The van der Waals surface area contributed by atoms with Crippen molar-refractivity contribution in [2.75, 3.05) is 0 Å². The number of benzene rings is 2. The van der Waals surface area contributed by atoms with Crippen LogP contribution in [0, 0.1) is 13.8 Å². The van der Waals surface area contributed by atoms with Gasteiger partial charge in [-0.1, -0.05) is 72.8 Å². The first-order chi connectivity index (χ1) is 15.2. The van der Waals surface area contributed by atoms with Gasteiger partial charge in [0.1, 0.15) is 11.5 Å². The van der Waals surface area contributed by atoms with Crippen LogP contribution in [0.2, 0.25) is 0 Å². The first-order valence-electron chi connectivity index (χ1n) is 12.1. The lowest BCUT2D eigenvalue weighted by atomic mass is 9.69. The molecule has 0 bridgehead atoms. The van der Waals surface area contributed by atoms with Crippen molar-refractivity contribution in [2.45, 2.75) is 98.3 Å². The summed E-state index contributed by atoms with van der Waals surface area (Å²) >= 11 is 0. The van der Waals surface area contributed by atoms with Gasteiger partial charge in [-0.3, -0.25) is 0 Å². The molecule has 0 radical (unpaired) electrons. The van der Waals surface area contributed by atoms with Gasteiger partial charge in [-0.05, 0) is 77.3 Å². The van der Waals surface area contributed by atoms with Crippen LogP contribution in [-0.4, -0.2) is 10.2 Å². The average Bonchev–Trinajstić information content (AvgIpc) is 2.68. The zero-order valence-electron chi connectivity index (χ0n) is 22.3. The quantitative estimate of drug-likeness (QED) is 0.418. The first kappa shape index (κ1) is 26.8. The summed E-state index contributed by atoms with van der Waals surface area (Å²) in [4.78, 5) is 0. The second-order valence-corrected chi connectivity index (χ2v) is 11.4. The fourth-order valence-electron chi connectivity index (χ4n) is 5.42. The predicted octanol–water partition coefficient (Wildman–Crippen LogP) is 8.31. The molecule has 0 aromatic heterocycles. The van der Waals surface area contributed by atoms with Gasteiger partial charge in [0.15, 0.2) is 0 Å². The lowest BCUT2D eigenvalue weighted by molar-refractivity contribution is 0.455. The van der Waals surface area contributed by atoms with Crippen molar-refractivity contribution < 1.29 is 10.2 Å². The van der Waals surface area contributed by atoms with Crippen LogP contribution in [0.25, 0.3) is 0 Å². The largest absolute Gasteiger partial charge is 0.507 e. The van der Waals surface area contributed by atoms with Gasteiger partial charge < -0.3 is 10.2 Å². The van der Waals surface area contributed by atoms with E-state index in [1.54, 1.807) is 0 Å². The van der Waals surface area contributed by atoms with E-state index >= 15 is 0 Å². The Bertz CT molecular complexity index is 959. The molecule has 2 aromatic carbocycles. The summed E-state index contributed by atoms with van der Waals surface area (Å²) in [5.74, 6) is 0.895. The van der Waals surface area contributed by atoms with Crippen LogP contribution >= 0.6 is 0 Å². The maximum absolute atomic E-state index is 11.0. The standard InChI is InChI=1S/C31H44O2/c1-12-15-22-26(30(6,7)8)24(17-19(4)28(22)32)21(14-3)25-18-20(5)29(33)23(16-13-2)27(25)31(9,10)11/h12-13,17-18,21,32-33H,1-2,14-16H2,3-11H3. The molecule has 2 N–H and O–H groups in total. The first-order valence-corrected chi connectivity index (χ1v) is 12.1. The molecular formula is C31H44O2. The molecule has 180 valence electrons. The summed E-state index contributed by atoms with van der Waals surface area (Å²) in [5, 5.41) is 22.0. The van der Waals surface area contributed by atoms with E-state index < -0.39 is 0 Å². The molecule has 33 heavy (non-hydrogen) atoms. The molecule has 0 aliphatic heterocycles. The zero-order chi connectivity index (χ0) is 25.3. The van der Waals surface area contributed by atoms with Gasteiger partial charge in [0.25, 0.3) is 0 Å². The van der Waals surface area contributed by atoms with Crippen molar-refractivity contribution >= 4 is 0 Å². The van der Waals surface area contributed by atoms with Crippen molar-refractivity contribution in [3.8, 4) is 11.5 Å². The van der Waals surface area contributed by atoms with Crippen molar-refractivity contribution in [1.29, 1.82) is 0 Å².